The van der Waals surface area contributed by atoms with Gasteiger partial charge in [-0.3, -0.25) is 0 Å². The second-order valence-corrected chi connectivity index (χ2v) is 7.28. The number of rotatable bonds is 2. The van der Waals surface area contributed by atoms with Gasteiger partial charge in [0.25, 0.3) is 0 Å². The molecule has 23 heavy (non-hydrogen) atoms. The first kappa shape index (κ1) is 16.3. The minimum absolute atomic E-state index is 1.33. The third-order valence-electron chi connectivity index (χ3n) is 4.50. The van der Waals surface area contributed by atoms with Gasteiger partial charge in [0.2, 0.25) is 0 Å². The van der Waals surface area contributed by atoms with Crippen LogP contribution in [0.5, 0.6) is 0 Å². The zero-order valence-corrected chi connectivity index (χ0v) is 16.2. The highest BCUT2D eigenvalue weighted by Gasteiger charge is 2.15. The second-order valence-electron chi connectivity index (χ2n) is 6.20. The molecule has 3 rings (SSSR count). The highest BCUT2D eigenvalue weighted by molar-refractivity contribution is 14.1. The second kappa shape index (κ2) is 6.48. The van der Waals surface area contributed by atoms with Gasteiger partial charge in [0.05, 0.1) is 0 Å². The summed E-state index contributed by atoms with van der Waals surface area (Å²) in [5.74, 6) is 0. The van der Waals surface area contributed by atoms with E-state index in [1.165, 1.54) is 48.1 Å². The summed E-state index contributed by atoms with van der Waals surface area (Å²) in [6.45, 7) is 8.79. The van der Waals surface area contributed by atoms with Crippen LogP contribution in [-0.2, 0) is 0 Å². The van der Waals surface area contributed by atoms with Crippen LogP contribution >= 0.6 is 22.6 Å². The van der Waals surface area contributed by atoms with Crippen molar-refractivity contribution in [3.05, 3.63) is 80.4 Å². The third-order valence-corrected chi connectivity index (χ3v) is 5.66. The molecule has 1 heteroatoms. The van der Waals surface area contributed by atoms with Gasteiger partial charge in [-0.1, -0.05) is 54.6 Å². The van der Waals surface area contributed by atoms with Crippen LogP contribution in [0.1, 0.15) is 22.3 Å². The molecule has 0 N–H and O–H groups in total. The standard InChI is InChI=1S/C22H21I/c1-14-8-5-9-15(2)20(14)18-12-7-13-19(22(18)23)21-16(3)10-6-11-17(21)4/h5-13H,1-4H3. The molecule has 0 fully saturated rings. The van der Waals surface area contributed by atoms with E-state index < -0.39 is 0 Å². The molecule has 0 amide bonds. The quantitative estimate of drug-likeness (QED) is 0.404. The maximum atomic E-state index is 2.51. The molecule has 0 aliphatic rings. The maximum Gasteiger partial charge on any atom is 0.0287 e. The van der Waals surface area contributed by atoms with Crippen LogP contribution in [0.15, 0.2) is 54.6 Å². The van der Waals surface area contributed by atoms with Crippen LogP contribution in [-0.4, -0.2) is 0 Å². The fourth-order valence-corrected chi connectivity index (χ4v) is 4.30. The zero-order valence-electron chi connectivity index (χ0n) is 14.1. The van der Waals surface area contributed by atoms with Gasteiger partial charge in [-0.05, 0) is 94.8 Å². The summed E-state index contributed by atoms with van der Waals surface area (Å²) in [4.78, 5) is 0. The number of halogens is 1. The molecule has 0 atom stereocenters. The normalized spacial score (nSPS) is 10.8. The molecule has 0 aliphatic heterocycles. The molecule has 3 aromatic rings. The fourth-order valence-electron chi connectivity index (χ4n) is 3.40. The van der Waals surface area contributed by atoms with Crippen molar-refractivity contribution in [2.75, 3.05) is 0 Å². The molecule has 0 aliphatic carbocycles. The Bertz CT molecular complexity index is 765. The smallest absolute Gasteiger partial charge is 0.0287 e. The van der Waals surface area contributed by atoms with E-state index in [0.29, 0.717) is 0 Å². The molecule has 0 heterocycles. The highest BCUT2D eigenvalue weighted by atomic mass is 127. The molecule has 0 unspecified atom stereocenters. The SMILES string of the molecule is Cc1cccc(C)c1-c1cccc(-c2c(C)cccc2C)c1I. The van der Waals surface area contributed by atoms with Crippen molar-refractivity contribution in [2.45, 2.75) is 27.7 Å². The topological polar surface area (TPSA) is 0 Å². The van der Waals surface area contributed by atoms with Crippen molar-refractivity contribution in [3.8, 4) is 22.3 Å². The fraction of sp³-hybridized carbons (Fsp3) is 0.182. The van der Waals surface area contributed by atoms with Gasteiger partial charge in [-0.15, -0.1) is 0 Å². The summed E-state index contributed by atoms with van der Waals surface area (Å²) < 4.78 is 1.33. The lowest BCUT2D eigenvalue weighted by Crippen LogP contribution is -1.95. The summed E-state index contributed by atoms with van der Waals surface area (Å²) in [5.41, 5.74) is 10.7. The summed E-state index contributed by atoms with van der Waals surface area (Å²) in [5, 5.41) is 0. The first-order valence-corrected chi connectivity index (χ1v) is 9.00. The van der Waals surface area contributed by atoms with Gasteiger partial charge in [0, 0.05) is 3.57 Å². The van der Waals surface area contributed by atoms with Crippen molar-refractivity contribution < 1.29 is 0 Å². The Kier molecular flexibility index (Phi) is 4.58. The first-order valence-electron chi connectivity index (χ1n) is 7.92. The van der Waals surface area contributed by atoms with Crippen molar-refractivity contribution in [1.82, 2.24) is 0 Å². The van der Waals surface area contributed by atoms with Gasteiger partial charge in [-0.2, -0.15) is 0 Å². The van der Waals surface area contributed by atoms with Crippen LogP contribution < -0.4 is 0 Å². The molecular formula is C22H21I. The first-order chi connectivity index (χ1) is 11.0. The van der Waals surface area contributed by atoms with Crippen molar-refractivity contribution in [1.29, 1.82) is 0 Å². The molecule has 0 aromatic heterocycles. The van der Waals surface area contributed by atoms with E-state index in [1.807, 2.05) is 0 Å². The number of aryl methyl sites for hydroxylation is 4. The van der Waals surface area contributed by atoms with Gasteiger partial charge in [0.15, 0.2) is 0 Å². The minimum Gasteiger partial charge on any atom is -0.0617 e. The van der Waals surface area contributed by atoms with Gasteiger partial charge >= 0.3 is 0 Å². The summed E-state index contributed by atoms with van der Waals surface area (Å²) >= 11 is 2.51. The predicted molar refractivity (Wildman–Crippen MR) is 109 cm³/mol. The Labute approximate surface area is 152 Å². The van der Waals surface area contributed by atoms with Crippen LogP contribution in [0.3, 0.4) is 0 Å². The van der Waals surface area contributed by atoms with Crippen molar-refractivity contribution in [3.63, 3.8) is 0 Å². The third kappa shape index (κ3) is 2.94. The lowest BCUT2D eigenvalue weighted by Gasteiger charge is -2.17. The van der Waals surface area contributed by atoms with E-state index in [1.54, 1.807) is 0 Å². The number of hydrogen-bond acceptors (Lipinski definition) is 0. The van der Waals surface area contributed by atoms with Crippen LogP contribution in [0, 0.1) is 31.3 Å². The zero-order chi connectivity index (χ0) is 16.6. The molecule has 0 saturated carbocycles. The van der Waals surface area contributed by atoms with E-state index in [2.05, 4.69) is 105 Å². The molecule has 3 aromatic carbocycles. The van der Waals surface area contributed by atoms with Crippen molar-refractivity contribution in [2.24, 2.45) is 0 Å². The Morgan fingerprint density at radius 3 is 1.17 bits per heavy atom. The van der Waals surface area contributed by atoms with Gasteiger partial charge < -0.3 is 0 Å². The van der Waals surface area contributed by atoms with E-state index in [-0.39, 0.29) is 0 Å². The average Bonchev–Trinajstić information content (AvgIpc) is 2.50. The Balaban J connectivity index is 2.29. The average molecular weight is 412 g/mol. The van der Waals surface area contributed by atoms with E-state index in [4.69, 9.17) is 0 Å². The highest BCUT2D eigenvalue weighted by Crippen LogP contribution is 2.38. The molecule has 0 spiro atoms. The van der Waals surface area contributed by atoms with E-state index in [0.717, 1.165) is 0 Å². The summed E-state index contributed by atoms with van der Waals surface area (Å²) in [7, 11) is 0. The molecular weight excluding hydrogens is 391 g/mol. The summed E-state index contributed by atoms with van der Waals surface area (Å²) in [6.07, 6.45) is 0. The Morgan fingerprint density at radius 2 is 0.826 bits per heavy atom. The van der Waals surface area contributed by atoms with Gasteiger partial charge in [-0.25, -0.2) is 0 Å². The molecule has 0 bridgehead atoms. The number of hydrogen-bond donors (Lipinski definition) is 0. The molecule has 0 saturated heterocycles. The summed E-state index contributed by atoms with van der Waals surface area (Å²) in [6, 6.07) is 19.7. The Hall–Kier alpha value is -1.61. The van der Waals surface area contributed by atoms with E-state index >= 15 is 0 Å². The minimum atomic E-state index is 1.33. The van der Waals surface area contributed by atoms with E-state index in [9.17, 15) is 0 Å². The monoisotopic (exact) mass is 412 g/mol. The largest absolute Gasteiger partial charge is 0.0617 e. The van der Waals surface area contributed by atoms with Gasteiger partial charge in [0.1, 0.15) is 0 Å². The maximum absolute atomic E-state index is 2.51. The van der Waals surface area contributed by atoms with Crippen molar-refractivity contribution >= 4 is 22.6 Å². The Morgan fingerprint density at radius 1 is 0.522 bits per heavy atom. The number of benzene rings is 3. The van der Waals surface area contributed by atoms with Crippen LogP contribution in [0.2, 0.25) is 0 Å². The molecule has 0 nitrogen and oxygen atoms in total. The van der Waals surface area contributed by atoms with Crippen LogP contribution in [0.4, 0.5) is 0 Å². The predicted octanol–water partition coefficient (Wildman–Crippen LogP) is 6.86. The van der Waals surface area contributed by atoms with Crippen LogP contribution in [0.25, 0.3) is 22.3 Å². The molecule has 0 radical (unpaired) electrons. The lowest BCUT2D eigenvalue weighted by atomic mass is 9.90. The lowest BCUT2D eigenvalue weighted by molar-refractivity contribution is 1.35. The molecule has 116 valence electrons.